The van der Waals surface area contributed by atoms with Gasteiger partial charge in [-0.05, 0) is 5.56 Å². The van der Waals surface area contributed by atoms with Crippen LogP contribution in [0.2, 0.25) is 0 Å². The molecule has 1 aromatic carbocycles. The van der Waals surface area contributed by atoms with Crippen molar-refractivity contribution in [3.05, 3.63) is 35.9 Å². The van der Waals surface area contributed by atoms with Crippen molar-refractivity contribution in [3.8, 4) is 0 Å². The molecule has 0 saturated heterocycles. The summed E-state index contributed by atoms with van der Waals surface area (Å²) in [6.45, 7) is 3.22. The van der Waals surface area contributed by atoms with Crippen LogP contribution in [0.15, 0.2) is 30.3 Å². The number of rotatable bonds is 2. The third kappa shape index (κ3) is 1.64. The number of nitrogens with one attached hydrogen (secondary N) is 1. The molecule has 0 unspecified atom stereocenters. The first-order chi connectivity index (χ1) is 5.95. The van der Waals surface area contributed by atoms with Gasteiger partial charge in [0.05, 0.1) is 0 Å². The van der Waals surface area contributed by atoms with Crippen LogP contribution in [0.25, 0.3) is 0 Å². The minimum atomic E-state index is 1.02. The van der Waals surface area contributed by atoms with Gasteiger partial charge in [-0.15, -0.1) is 0 Å². The van der Waals surface area contributed by atoms with E-state index in [9.17, 15) is 0 Å². The van der Waals surface area contributed by atoms with E-state index in [2.05, 4.69) is 46.6 Å². The predicted octanol–water partition coefficient (Wildman–Crippen LogP) is 0.831. The van der Waals surface area contributed by atoms with Crippen LogP contribution in [0.5, 0.6) is 0 Å². The van der Waals surface area contributed by atoms with Crippen LogP contribution in [0.4, 0.5) is 0 Å². The maximum absolute atomic E-state index is 3.19. The largest absolute Gasteiger partial charge is 0.277 e. The lowest BCUT2D eigenvalue weighted by atomic mass is 10.2. The molecule has 1 aromatic rings. The molecule has 62 valence electrons. The zero-order chi connectivity index (χ0) is 8.23. The fraction of sp³-hybridized carbons (Fsp3) is 0.300. The normalized spacial score (nSPS) is 15.5. The Balaban J connectivity index is 2.04. The Bertz CT molecular complexity index is 277. The van der Waals surface area contributed by atoms with Crippen LogP contribution in [-0.4, -0.2) is 24.0 Å². The van der Waals surface area contributed by atoms with E-state index in [0.29, 0.717) is 0 Å². The van der Waals surface area contributed by atoms with E-state index < -0.39 is 0 Å². The molecule has 0 aliphatic carbocycles. The van der Waals surface area contributed by atoms with Crippen molar-refractivity contribution in [3.63, 3.8) is 0 Å². The monoisotopic (exact) mass is 161 g/mol. The van der Waals surface area contributed by atoms with Crippen molar-refractivity contribution in [1.29, 1.82) is 0 Å². The van der Waals surface area contributed by atoms with E-state index in [1.807, 2.05) is 0 Å². The first kappa shape index (κ1) is 7.35. The maximum atomic E-state index is 3.19. The summed E-state index contributed by atoms with van der Waals surface area (Å²) in [6.07, 6.45) is 2.06. The van der Waals surface area contributed by atoms with E-state index in [4.69, 9.17) is 0 Å². The summed E-state index contributed by atoms with van der Waals surface area (Å²) in [4.78, 5) is 0. The second-order valence-electron chi connectivity index (χ2n) is 3.04. The highest BCUT2D eigenvalue weighted by Gasteiger charge is 2.07. The topological polar surface area (TPSA) is 15.0 Å². The van der Waals surface area contributed by atoms with Crippen molar-refractivity contribution in [2.24, 2.45) is 0 Å². The van der Waals surface area contributed by atoms with Gasteiger partial charge in [0, 0.05) is 0 Å². The molecule has 0 fully saturated rings. The molecular formula is C10H13N2+. The highest BCUT2D eigenvalue weighted by atomic mass is 15.1. The van der Waals surface area contributed by atoms with E-state index in [-0.39, 0.29) is 0 Å². The molecule has 12 heavy (non-hydrogen) atoms. The lowest BCUT2D eigenvalue weighted by Gasteiger charge is -1.99. The molecule has 0 radical (unpaired) electrons. The average Bonchev–Trinajstić information content (AvgIpc) is 2.59. The molecule has 0 bridgehead atoms. The Morgan fingerprint density at radius 1 is 1.25 bits per heavy atom. The summed E-state index contributed by atoms with van der Waals surface area (Å²) >= 11 is 0. The summed E-state index contributed by atoms with van der Waals surface area (Å²) in [5.74, 6) is 0. The molecule has 1 aliphatic rings. The van der Waals surface area contributed by atoms with Gasteiger partial charge in [-0.25, -0.2) is 0 Å². The van der Waals surface area contributed by atoms with E-state index in [0.717, 1.165) is 19.6 Å². The molecule has 0 spiro atoms. The molecule has 2 nitrogen and oxygen atoms in total. The van der Waals surface area contributed by atoms with Gasteiger partial charge in [-0.1, -0.05) is 30.3 Å². The van der Waals surface area contributed by atoms with Crippen molar-refractivity contribution >= 4 is 6.34 Å². The summed E-state index contributed by atoms with van der Waals surface area (Å²) in [7, 11) is 0. The molecule has 0 aromatic heterocycles. The molecular weight excluding hydrogens is 148 g/mol. The zero-order valence-electron chi connectivity index (χ0n) is 7.03. The van der Waals surface area contributed by atoms with Gasteiger partial charge >= 0.3 is 0 Å². The third-order valence-corrected chi connectivity index (χ3v) is 2.05. The predicted molar refractivity (Wildman–Crippen MR) is 49.3 cm³/mol. The number of hydrogen-bond acceptors (Lipinski definition) is 1. The number of benzene rings is 1. The summed E-state index contributed by atoms with van der Waals surface area (Å²) in [5, 5.41) is 3.19. The third-order valence-electron chi connectivity index (χ3n) is 2.05. The minimum Gasteiger partial charge on any atom is -0.277 e. The average molecular weight is 161 g/mol. The smallest absolute Gasteiger partial charge is 0.232 e. The van der Waals surface area contributed by atoms with E-state index in [1.54, 1.807) is 0 Å². The summed E-state index contributed by atoms with van der Waals surface area (Å²) < 4.78 is 2.29. The standard InChI is InChI=1S/C10H12N2/c1-2-4-10(5-3-1)8-12-7-6-11-9-12/h1-5,9H,6-8H2/p+1. The summed E-state index contributed by atoms with van der Waals surface area (Å²) in [6, 6.07) is 10.5. The molecule has 0 saturated carbocycles. The second-order valence-corrected chi connectivity index (χ2v) is 3.04. The van der Waals surface area contributed by atoms with Crippen LogP contribution in [-0.2, 0) is 6.54 Å². The first-order valence-electron chi connectivity index (χ1n) is 4.30. The molecule has 2 rings (SSSR count). The molecule has 2 heteroatoms. The van der Waals surface area contributed by atoms with Crippen LogP contribution >= 0.6 is 0 Å². The highest BCUT2D eigenvalue weighted by Crippen LogP contribution is 2.00. The maximum Gasteiger partial charge on any atom is 0.232 e. The van der Waals surface area contributed by atoms with Gasteiger partial charge in [-0.3, -0.25) is 9.89 Å². The molecule has 1 heterocycles. The quantitative estimate of drug-likeness (QED) is 0.635. The van der Waals surface area contributed by atoms with E-state index in [1.165, 1.54) is 5.56 Å². The van der Waals surface area contributed by atoms with Crippen LogP contribution in [0.3, 0.4) is 0 Å². The van der Waals surface area contributed by atoms with Crippen LogP contribution in [0, 0.1) is 0 Å². The van der Waals surface area contributed by atoms with Crippen molar-refractivity contribution in [1.82, 2.24) is 5.32 Å². The van der Waals surface area contributed by atoms with Gasteiger partial charge < -0.3 is 0 Å². The Morgan fingerprint density at radius 2 is 2.08 bits per heavy atom. The Kier molecular flexibility index (Phi) is 2.08. The van der Waals surface area contributed by atoms with Crippen molar-refractivity contribution < 1.29 is 4.58 Å². The minimum absolute atomic E-state index is 1.02. The lowest BCUT2D eigenvalue weighted by Crippen LogP contribution is -2.09. The molecule has 0 atom stereocenters. The fourth-order valence-corrected chi connectivity index (χ4v) is 1.41. The van der Waals surface area contributed by atoms with Gasteiger partial charge in [-0.2, -0.15) is 0 Å². The van der Waals surface area contributed by atoms with Crippen LogP contribution in [0.1, 0.15) is 5.56 Å². The zero-order valence-corrected chi connectivity index (χ0v) is 7.03. The fourth-order valence-electron chi connectivity index (χ4n) is 1.41. The van der Waals surface area contributed by atoms with Gasteiger partial charge in [0.2, 0.25) is 6.34 Å². The molecule has 1 aliphatic heterocycles. The Hall–Kier alpha value is -1.31. The van der Waals surface area contributed by atoms with Crippen LogP contribution < -0.4 is 5.32 Å². The number of nitrogens with zero attached hydrogens (tertiary/aromatic N) is 1. The first-order valence-corrected chi connectivity index (χ1v) is 4.30. The van der Waals surface area contributed by atoms with E-state index >= 15 is 0 Å². The van der Waals surface area contributed by atoms with Crippen molar-refractivity contribution in [2.45, 2.75) is 6.54 Å². The molecule has 1 N–H and O–H groups in total. The van der Waals surface area contributed by atoms with Gasteiger partial charge in [0.15, 0.2) is 0 Å². The summed E-state index contributed by atoms with van der Waals surface area (Å²) in [5.41, 5.74) is 1.37. The SMILES string of the molecule is C1=[N+](Cc2ccccc2)CCN1. The van der Waals surface area contributed by atoms with Gasteiger partial charge in [0.25, 0.3) is 0 Å². The molecule has 0 amide bonds. The highest BCUT2D eigenvalue weighted by molar-refractivity contribution is 5.49. The van der Waals surface area contributed by atoms with Gasteiger partial charge in [0.1, 0.15) is 19.6 Å². The lowest BCUT2D eigenvalue weighted by molar-refractivity contribution is -0.530. The number of hydrogen-bond donors (Lipinski definition) is 1. The Labute approximate surface area is 72.5 Å². The second kappa shape index (κ2) is 3.39. The Morgan fingerprint density at radius 3 is 2.75 bits per heavy atom. The van der Waals surface area contributed by atoms with Crippen molar-refractivity contribution in [2.75, 3.05) is 13.1 Å².